The van der Waals surface area contributed by atoms with Crippen molar-refractivity contribution in [3.63, 3.8) is 0 Å². The summed E-state index contributed by atoms with van der Waals surface area (Å²) in [6.07, 6.45) is 5.87. The van der Waals surface area contributed by atoms with Crippen LogP contribution in [0.15, 0.2) is 30.5 Å². The molecule has 0 spiro atoms. The maximum absolute atomic E-state index is 12.9. The molecule has 2 aliphatic rings. The number of piperidine rings is 1. The van der Waals surface area contributed by atoms with Crippen LogP contribution < -0.4 is 10.1 Å². The molecule has 166 valence electrons. The summed E-state index contributed by atoms with van der Waals surface area (Å²) in [6, 6.07) is 7.25. The molecule has 0 saturated carbocycles. The van der Waals surface area contributed by atoms with Gasteiger partial charge in [0.1, 0.15) is 11.9 Å². The first-order valence-corrected chi connectivity index (χ1v) is 10.9. The molecular formula is C23H30N4O4. The Balaban J connectivity index is 1.35. The number of aromatic nitrogens is 2. The maximum Gasteiger partial charge on any atom is 0.259 e. The average molecular weight is 427 g/mol. The van der Waals surface area contributed by atoms with E-state index in [1.54, 1.807) is 18.0 Å². The number of likely N-dealkylation sites (tertiary alicyclic amines) is 1. The Labute approximate surface area is 182 Å². The van der Waals surface area contributed by atoms with E-state index in [0.717, 1.165) is 56.6 Å². The zero-order valence-electron chi connectivity index (χ0n) is 18.2. The molecular weight excluding hydrogens is 396 g/mol. The van der Waals surface area contributed by atoms with Gasteiger partial charge in [-0.1, -0.05) is 0 Å². The molecule has 31 heavy (non-hydrogen) atoms. The summed E-state index contributed by atoms with van der Waals surface area (Å²) in [4.78, 5) is 27.4. The highest BCUT2D eigenvalue weighted by Crippen LogP contribution is 2.25. The minimum atomic E-state index is -0.249. The monoisotopic (exact) mass is 426 g/mol. The molecule has 2 aromatic rings. The lowest BCUT2D eigenvalue weighted by Gasteiger charge is -2.33. The molecule has 2 aliphatic heterocycles. The second kappa shape index (κ2) is 9.51. The Morgan fingerprint density at radius 2 is 1.94 bits per heavy atom. The molecule has 2 amide bonds. The van der Waals surface area contributed by atoms with Crippen molar-refractivity contribution in [3.8, 4) is 5.75 Å². The van der Waals surface area contributed by atoms with Crippen LogP contribution in [0.5, 0.6) is 5.75 Å². The van der Waals surface area contributed by atoms with Gasteiger partial charge in [-0.3, -0.25) is 14.3 Å². The summed E-state index contributed by atoms with van der Waals surface area (Å²) in [5, 5.41) is 7.49. The fourth-order valence-corrected chi connectivity index (χ4v) is 4.35. The Hall–Kier alpha value is -2.87. The van der Waals surface area contributed by atoms with Crippen LogP contribution in [0.4, 0.5) is 5.69 Å². The Morgan fingerprint density at radius 3 is 2.58 bits per heavy atom. The van der Waals surface area contributed by atoms with Gasteiger partial charge in [-0.2, -0.15) is 5.10 Å². The minimum Gasteiger partial charge on any atom is -0.497 e. The van der Waals surface area contributed by atoms with Crippen LogP contribution in [0.2, 0.25) is 0 Å². The van der Waals surface area contributed by atoms with Crippen LogP contribution in [-0.4, -0.2) is 59.4 Å². The van der Waals surface area contributed by atoms with E-state index in [0.29, 0.717) is 23.8 Å². The number of hydrogen-bond donors (Lipinski definition) is 1. The third-order valence-corrected chi connectivity index (χ3v) is 6.11. The molecule has 1 aromatic carbocycles. The summed E-state index contributed by atoms with van der Waals surface area (Å²) < 4.78 is 12.4. The predicted octanol–water partition coefficient (Wildman–Crippen LogP) is 2.64. The number of ether oxygens (including phenoxy) is 2. The molecule has 2 fully saturated rings. The van der Waals surface area contributed by atoms with Crippen molar-refractivity contribution in [1.29, 1.82) is 0 Å². The Kier molecular flexibility index (Phi) is 6.56. The highest BCUT2D eigenvalue weighted by atomic mass is 16.5. The molecule has 0 bridgehead atoms. The van der Waals surface area contributed by atoms with E-state index in [2.05, 4.69) is 10.4 Å². The molecule has 1 unspecified atom stereocenters. The highest BCUT2D eigenvalue weighted by Gasteiger charge is 2.31. The molecule has 3 heterocycles. The molecule has 0 aliphatic carbocycles. The van der Waals surface area contributed by atoms with Crippen LogP contribution >= 0.6 is 0 Å². The van der Waals surface area contributed by atoms with E-state index in [9.17, 15) is 9.59 Å². The van der Waals surface area contributed by atoms with Gasteiger partial charge < -0.3 is 19.7 Å². The quantitative estimate of drug-likeness (QED) is 0.768. The number of carbonyl (C=O) groups is 2. The molecule has 1 atom stereocenters. The van der Waals surface area contributed by atoms with Crippen LogP contribution in [-0.2, 0) is 23.0 Å². The van der Waals surface area contributed by atoms with E-state index < -0.39 is 0 Å². The number of amides is 2. The number of methoxy groups -OCH3 is 1. The lowest BCUT2D eigenvalue weighted by atomic mass is 9.91. The van der Waals surface area contributed by atoms with Gasteiger partial charge in [0.2, 0.25) is 0 Å². The van der Waals surface area contributed by atoms with Gasteiger partial charge in [-0.05, 0) is 62.3 Å². The third kappa shape index (κ3) is 5.07. The Bertz CT molecular complexity index is 910. The fraction of sp³-hybridized carbons (Fsp3) is 0.522. The van der Waals surface area contributed by atoms with Crippen LogP contribution in [0.25, 0.3) is 0 Å². The molecule has 1 aromatic heterocycles. The maximum atomic E-state index is 12.9. The first kappa shape index (κ1) is 21.4. The second-order valence-electron chi connectivity index (χ2n) is 8.32. The second-order valence-corrected chi connectivity index (χ2v) is 8.32. The van der Waals surface area contributed by atoms with Crippen molar-refractivity contribution in [2.24, 2.45) is 13.0 Å². The van der Waals surface area contributed by atoms with Gasteiger partial charge in [0, 0.05) is 38.6 Å². The van der Waals surface area contributed by atoms with Crippen LogP contribution in [0, 0.1) is 5.92 Å². The standard InChI is InChI=1S/C23H30N4O4/c1-26-15-19(22(28)24-17-5-7-18(30-2)8-6-17)20(25-26)14-16-9-11-27(12-10-16)23(29)21-4-3-13-31-21/h5-8,15-16,21H,3-4,9-14H2,1-2H3,(H,24,28). The van der Waals surface area contributed by atoms with Crippen LogP contribution in [0.3, 0.4) is 0 Å². The number of benzene rings is 1. The van der Waals surface area contributed by atoms with Gasteiger partial charge >= 0.3 is 0 Å². The zero-order valence-corrected chi connectivity index (χ0v) is 18.2. The van der Waals surface area contributed by atoms with E-state index in [1.165, 1.54) is 0 Å². The molecule has 0 radical (unpaired) electrons. The third-order valence-electron chi connectivity index (χ3n) is 6.11. The van der Waals surface area contributed by atoms with Crippen molar-refractivity contribution >= 4 is 17.5 Å². The zero-order chi connectivity index (χ0) is 21.8. The number of hydrogen-bond acceptors (Lipinski definition) is 5. The van der Waals surface area contributed by atoms with Crippen molar-refractivity contribution < 1.29 is 19.1 Å². The smallest absolute Gasteiger partial charge is 0.259 e. The van der Waals surface area contributed by atoms with Gasteiger partial charge in [-0.15, -0.1) is 0 Å². The van der Waals surface area contributed by atoms with Gasteiger partial charge in [0.05, 0.1) is 18.4 Å². The van der Waals surface area contributed by atoms with Crippen LogP contribution in [0.1, 0.15) is 41.7 Å². The number of anilines is 1. The number of rotatable bonds is 6. The van der Waals surface area contributed by atoms with E-state index in [1.807, 2.05) is 36.2 Å². The van der Waals surface area contributed by atoms with Gasteiger partial charge in [0.25, 0.3) is 11.8 Å². The number of aryl methyl sites for hydroxylation is 1. The first-order valence-electron chi connectivity index (χ1n) is 10.9. The lowest BCUT2D eigenvalue weighted by molar-refractivity contribution is -0.142. The number of nitrogens with zero attached hydrogens (tertiary/aromatic N) is 3. The summed E-state index contributed by atoms with van der Waals surface area (Å²) in [5.74, 6) is 1.10. The lowest BCUT2D eigenvalue weighted by Crippen LogP contribution is -2.44. The van der Waals surface area contributed by atoms with Gasteiger partial charge in [-0.25, -0.2) is 0 Å². The molecule has 4 rings (SSSR count). The summed E-state index contributed by atoms with van der Waals surface area (Å²) in [5.41, 5.74) is 2.11. The molecule has 8 nitrogen and oxygen atoms in total. The van der Waals surface area contributed by atoms with E-state index in [-0.39, 0.29) is 17.9 Å². The highest BCUT2D eigenvalue weighted by molar-refractivity contribution is 6.05. The van der Waals surface area contributed by atoms with Crippen molar-refractivity contribution in [2.45, 2.75) is 38.2 Å². The average Bonchev–Trinajstić information content (AvgIpc) is 3.44. The van der Waals surface area contributed by atoms with Crippen molar-refractivity contribution in [2.75, 3.05) is 32.1 Å². The Morgan fingerprint density at radius 1 is 1.19 bits per heavy atom. The summed E-state index contributed by atoms with van der Waals surface area (Å²) in [6.45, 7) is 2.17. The normalized spacial score (nSPS) is 19.4. The summed E-state index contributed by atoms with van der Waals surface area (Å²) in [7, 11) is 3.44. The topological polar surface area (TPSA) is 85.7 Å². The fourth-order valence-electron chi connectivity index (χ4n) is 4.35. The largest absolute Gasteiger partial charge is 0.497 e. The summed E-state index contributed by atoms with van der Waals surface area (Å²) >= 11 is 0. The van der Waals surface area contributed by atoms with Crippen molar-refractivity contribution in [3.05, 3.63) is 41.7 Å². The number of nitrogens with one attached hydrogen (secondary N) is 1. The SMILES string of the molecule is COc1ccc(NC(=O)c2cn(C)nc2CC2CCN(C(=O)C3CCCO3)CC2)cc1. The first-order chi connectivity index (χ1) is 15.0. The minimum absolute atomic E-state index is 0.133. The van der Waals surface area contributed by atoms with E-state index in [4.69, 9.17) is 9.47 Å². The molecule has 8 heteroatoms. The van der Waals surface area contributed by atoms with Gasteiger partial charge in [0.15, 0.2) is 0 Å². The number of carbonyl (C=O) groups excluding carboxylic acids is 2. The van der Waals surface area contributed by atoms with E-state index >= 15 is 0 Å². The van der Waals surface area contributed by atoms with Crippen molar-refractivity contribution in [1.82, 2.24) is 14.7 Å². The molecule has 2 saturated heterocycles. The predicted molar refractivity (Wildman–Crippen MR) is 116 cm³/mol. The molecule has 1 N–H and O–H groups in total.